The summed E-state index contributed by atoms with van der Waals surface area (Å²) in [6.45, 7) is 4.85. The molecule has 0 radical (unpaired) electrons. The largest absolute Gasteiger partial charge is 0.462 e. The molecule has 2 heterocycles. The van der Waals surface area contributed by atoms with Crippen LogP contribution in [-0.4, -0.2) is 36.6 Å². The average molecular weight is 421 g/mol. The lowest BCUT2D eigenvalue weighted by atomic mass is 10.1. The van der Waals surface area contributed by atoms with Crippen molar-refractivity contribution in [3.05, 3.63) is 52.8 Å². The minimum Gasteiger partial charge on any atom is -0.462 e. The number of amides is 1. The first kappa shape index (κ1) is 21.6. The van der Waals surface area contributed by atoms with E-state index in [0.29, 0.717) is 24.5 Å². The molecule has 0 unspecified atom stereocenters. The second kappa shape index (κ2) is 8.73. The van der Waals surface area contributed by atoms with Gasteiger partial charge in [0, 0.05) is 13.1 Å². The number of hydrogen-bond donors (Lipinski definition) is 1. The number of aromatic nitrogens is 1. The molecule has 0 spiro atoms. The summed E-state index contributed by atoms with van der Waals surface area (Å²) in [7, 11) is 0. The third-order valence-electron chi connectivity index (χ3n) is 4.83. The highest BCUT2D eigenvalue weighted by molar-refractivity contribution is 6.05. The molecule has 0 saturated carbocycles. The number of benzene rings is 1. The molecule has 3 rings (SSSR count). The molecule has 2 aromatic rings. The lowest BCUT2D eigenvalue weighted by Crippen LogP contribution is -2.22. The van der Waals surface area contributed by atoms with Crippen LogP contribution in [0.15, 0.2) is 30.3 Å². The fraction of sp³-hybridized carbons (Fsp3) is 0.381. The lowest BCUT2D eigenvalue weighted by Gasteiger charge is -2.23. The zero-order valence-electron chi connectivity index (χ0n) is 16.7. The van der Waals surface area contributed by atoms with E-state index in [9.17, 15) is 22.8 Å². The maximum atomic E-state index is 13.2. The van der Waals surface area contributed by atoms with Gasteiger partial charge in [-0.15, -0.1) is 0 Å². The van der Waals surface area contributed by atoms with Crippen LogP contribution in [0.1, 0.15) is 51.9 Å². The number of anilines is 2. The van der Waals surface area contributed by atoms with Crippen LogP contribution in [0.4, 0.5) is 24.5 Å². The number of hydrogen-bond acceptors (Lipinski definition) is 5. The van der Waals surface area contributed by atoms with Crippen molar-refractivity contribution < 1.29 is 27.5 Å². The van der Waals surface area contributed by atoms with Crippen LogP contribution in [0.3, 0.4) is 0 Å². The van der Waals surface area contributed by atoms with Crippen LogP contribution in [0, 0.1) is 6.92 Å². The molecule has 0 bridgehead atoms. The monoisotopic (exact) mass is 421 g/mol. The van der Waals surface area contributed by atoms with E-state index in [1.54, 1.807) is 13.8 Å². The van der Waals surface area contributed by atoms with Gasteiger partial charge >= 0.3 is 12.1 Å². The van der Waals surface area contributed by atoms with Gasteiger partial charge < -0.3 is 15.0 Å². The van der Waals surface area contributed by atoms with Crippen molar-refractivity contribution in [2.24, 2.45) is 0 Å². The number of esters is 1. The van der Waals surface area contributed by atoms with Gasteiger partial charge in [-0.05, 0) is 57.0 Å². The van der Waals surface area contributed by atoms with Gasteiger partial charge in [-0.25, -0.2) is 9.78 Å². The molecule has 1 aliphatic rings. The van der Waals surface area contributed by atoms with E-state index in [1.807, 2.05) is 4.90 Å². The third-order valence-corrected chi connectivity index (χ3v) is 4.83. The van der Waals surface area contributed by atoms with Crippen molar-refractivity contribution in [3.8, 4) is 0 Å². The van der Waals surface area contributed by atoms with Gasteiger partial charge in [0.05, 0.1) is 34.8 Å². The van der Waals surface area contributed by atoms with E-state index >= 15 is 0 Å². The summed E-state index contributed by atoms with van der Waals surface area (Å²) >= 11 is 0. The molecule has 30 heavy (non-hydrogen) atoms. The van der Waals surface area contributed by atoms with Gasteiger partial charge in [-0.3, -0.25) is 4.79 Å². The standard InChI is InChI=1S/C21H22F3N3O3/c1-3-30-20(29)15-7-8-16(25-13(15)2)19(28)26-17-12-14(21(22,23)24)6-9-18(17)27-10-4-5-11-27/h6-9,12H,3-5,10-11H2,1-2H3,(H,26,28). The van der Waals surface area contributed by atoms with E-state index in [1.165, 1.54) is 18.2 Å². The van der Waals surface area contributed by atoms with Crippen LogP contribution in [-0.2, 0) is 10.9 Å². The molecular weight excluding hydrogens is 399 g/mol. The summed E-state index contributed by atoms with van der Waals surface area (Å²) in [5.41, 5.74) is 0.280. The predicted molar refractivity (Wildman–Crippen MR) is 106 cm³/mol. The van der Waals surface area contributed by atoms with Crippen molar-refractivity contribution in [3.63, 3.8) is 0 Å². The zero-order chi connectivity index (χ0) is 21.9. The van der Waals surface area contributed by atoms with Crippen LogP contribution in [0.25, 0.3) is 0 Å². The van der Waals surface area contributed by atoms with Crippen LogP contribution >= 0.6 is 0 Å². The van der Waals surface area contributed by atoms with Gasteiger partial charge in [0.15, 0.2) is 0 Å². The molecule has 1 aliphatic heterocycles. The number of rotatable bonds is 5. The molecule has 1 saturated heterocycles. The minimum atomic E-state index is -4.53. The molecule has 1 aromatic heterocycles. The summed E-state index contributed by atoms with van der Waals surface area (Å²) in [6, 6.07) is 6.10. The van der Waals surface area contributed by atoms with E-state index < -0.39 is 23.6 Å². The molecule has 0 aliphatic carbocycles. The Balaban J connectivity index is 1.89. The highest BCUT2D eigenvalue weighted by Gasteiger charge is 2.32. The summed E-state index contributed by atoms with van der Waals surface area (Å²) in [5.74, 6) is -1.21. The smallest absolute Gasteiger partial charge is 0.416 e. The molecule has 1 aromatic carbocycles. The Kier molecular flexibility index (Phi) is 6.28. The second-order valence-corrected chi connectivity index (χ2v) is 6.93. The topological polar surface area (TPSA) is 71.5 Å². The van der Waals surface area contributed by atoms with Gasteiger partial charge in [0.1, 0.15) is 5.69 Å². The van der Waals surface area contributed by atoms with E-state index in [2.05, 4.69) is 10.3 Å². The average Bonchev–Trinajstić information content (AvgIpc) is 3.21. The highest BCUT2D eigenvalue weighted by atomic mass is 19.4. The number of nitrogens with one attached hydrogen (secondary N) is 1. The summed E-state index contributed by atoms with van der Waals surface area (Å²) in [5, 5.41) is 2.56. The number of carbonyl (C=O) groups is 2. The Bertz CT molecular complexity index is 954. The fourth-order valence-corrected chi connectivity index (χ4v) is 3.34. The van der Waals surface area contributed by atoms with Gasteiger partial charge in [0.25, 0.3) is 5.91 Å². The summed E-state index contributed by atoms with van der Waals surface area (Å²) < 4.78 is 44.5. The zero-order valence-corrected chi connectivity index (χ0v) is 16.7. The maximum Gasteiger partial charge on any atom is 0.416 e. The van der Waals surface area contributed by atoms with Gasteiger partial charge in [-0.2, -0.15) is 13.2 Å². The second-order valence-electron chi connectivity index (χ2n) is 6.93. The fourth-order valence-electron chi connectivity index (χ4n) is 3.34. The molecule has 1 N–H and O–H groups in total. The number of alkyl halides is 3. The lowest BCUT2D eigenvalue weighted by molar-refractivity contribution is -0.137. The Morgan fingerprint density at radius 1 is 1.17 bits per heavy atom. The Hall–Kier alpha value is -3.10. The first-order valence-corrected chi connectivity index (χ1v) is 9.63. The van der Waals surface area contributed by atoms with Crippen LogP contribution < -0.4 is 10.2 Å². The molecule has 6 nitrogen and oxygen atoms in total. The SMILES string of the molecule is CCOC(=O)c1ccc(C(=O)Nc2cc(C(F)(F)F)ccc2N2CCCC2)nc1C. The van der Waals surface area contributed by atoms with Crippen molar-refractivity contribution in [2.75, 3.05) is 29.9 Å². The van der Waals surface area contributed by atoms with Crippen molar-refractivity contribution >= 4 is 23.3 Å². The maximum absolute atomic E-state index is 13.2. The van der Waals surface area contributed by atoms with Crippen LogP contribution in [0.5, 0.6) is 0 Å². The van der Waals surface area contributed by atoms with Crippen molar-refractivity contribution in [1.29, 1.82) is 0 Å². The molecule has 1 amide bonds. The van der Waals surface area contributed by atoms with Gasteiger partial charge in [-0.1, -0.05) is 0 Å². The third kappa shape index (κ3) is 4.72. The van der Waals surface area contributed by atoms with E-state index in [-0.39, 0.29) is 23.6 Å². The Labute approximate surface area is 172 Å². The number of nitrogens with zero attached hydrogens (tertiary/aromatic N) is 2. The summed E-state index contributed by atoms with van der Waals surface area (Å²) in [4.78, 5) is 30.7. The first-order chi connectivity index (χ1) is 14.2. The van der Waals surface area contributed by atoms with E-state index in [0.717, 1.165) is 25.0 Å². The van der Waals surface area contributed by atoms with Crippen molar-refractivity contribution in [1.82, 2.24) is 4.98 Å². The number of halogens is 3. The van der Waals surface area contributed by atoms with Gasteiger partial charge in [0.2, 0.25) is 0 Å². The number of aryl methyl sites for hydroxylation is 1. The predicted octanol–water partition coefficient (Wildman–Crippen LogP) is 4.44. The quantitative estimate of drug-likeness (QED) is 0.723. The highest BCUT2D eigenvalue weighted by Crippen LogP contribution is 2.36. The Morgan fingerprint density at radius 2 is 1.87 bits per heavy atom. The molecule has 160 valence electrons. The minimum absolute atomic E-state index is 0.00895. The molecule has 9 heteroatoms. The molecular formula is C21H22F3N3O3. The Morgan fingerprint density at radius 3 is 2.47 bits per heavy atom. The number of pyridine rings is 1. The molecule has 0 atom stereocenters. The number of ether oxygens (including phenoxy) is 1. The van der Waals surface area contributed by atoms with Crippen molar-refractivity contribution in [2.45, 2.75) is 32.9 Å². The number of carbonyl (C=O) groups excluding carboxylic acids is 2. The molecule has 1 fully saturated rings. The first-order valence-electron chi connectivity index (χ1n) is 9.63. The van der Waals surface area contributed by atoms with Crippen LogP contribution in [0.2, 0.25) is 0 Å². The summed E-state index contributed by atoms with van der Waals surface area (Å²) in [6.07, 6.45) is -2.66. The van der Waals surface area contributed by atoms with E-state index in [4.69, 9.17) is 4.74 Å². The normalized spacial score (nSPS) is 14.0.